The van der Waals surface area contributed by atoms with Crippen molar-refractivity contribution in [2.45, 2.75) is 0 Å². The molecule has 1 heterocycles. The number of nitrogens with zero attached hydrogens (tertiary/aromatic N) is 1. The highest BCUT2D eigenvalue weighted by molar-refractivity contribution is 6.29. The van der Waals surface area contributed by atoms with E-state index >= 15 is 0 Å². The Bertz CT molecular complexity index is 587. The number of nitrogens with one attached hydrogen (secondary N) is 1. The average Bonchev–Trinajstić information content (AvgIpc) is 2.35. The highest BCUT2D eigenvalue weighted by Crippen LogP contribution is 2.14. The van der Waals surface area contributed by atoms with Gasteiger partial charge >= 0.3 is 0 Å². The van der Waals surface area contributed by atoms with Crippen LogP contribution in [0.15, 0.2) is 36.5 Å². The molecule has 1 N–H and O–H groups in total. The zero-order valence-corrected chi connectivity index (χ0v) is 9.71. The maximum atomic E-state index is 13.3. The number of carbonyl (C=O) groups is 1. The molecule has 2 rings (SSSR count). The summed E-state index contributed by atoms with van der Waals surface area (Å²) in [6.07, 6.45) is 1.32. The van der Waals surface area contributed by atoms with Crippen molar-refractivity contribution in [3.05, 3.63) is 58.9 Å². The number of amides is 1. The minimum Gasteiger partial charge on any atom is -0.320 e. The summed E-state index contributed by atoms with van der Waals surface area (Å²) in [4.78, 5) is 15.4. The van der Waals surface area contributed by atoms with E-state index < -0.39 is 17.5 Å². The molecule has 6 heteroatoms. The van der Waals surface area contributed by atoms with Crippen LogP contribution in [0.5, 0.6) is 0 Å². The minimum atomic E-state index is -0.796. The van der Waals surface area contributed by atoms with Crippen LogP contribution >= 0.6 is 11.6 Å². The van der Waals surface area contributed by atoms with E-state index in [1.54, 1.807) is 0 Å². The summed E-state index contributed by atoms with van der Waals surface area (Å²) >= 11 is 5.58. The number of anilines is 1. The second kappa shape index (κ2) is 5.10. The van der Waals surface area contributed by atoms with Crippen LogP contribution in [0.25, 0.3) is 0 Å². The van der Waals surface area contributed by atoms with Gasteiger partial charge in [0.2, 0.25) is 0 Å². The minimum absolute atomic E-state index is 0.268. The molecular formula is C12H7ClF2N2O. The van der Waals surface area contributed by atoms with E-state index in [9.17, 15) is 13.6 Å². The third kappa shape index (κ3) is 2.81. The largest absolute Gasteiger partial charge is 0.320 e. The standard InChI is InChI=1S/C12H7ClF2N2O/c13-11-4-2-8(6-16-11)17-12(18)9-5-7(14)1-3-10(9)15/h1-6H,(H,17,18). The Hall–Kier alpha value is -2.01. The highest BCUT2D eigenvalue weighted by atomic mass is 35.5. The predicted octanol–water partition coefficient (Wildman–Crippen LogP) is 3.27. The third-order valence-electron chi connectivity index (χ3n) is 2.16. The Labute approximate surface area is 106 Å². The SMILES string of the molecule is O=C(Nc1ccc(Cl)nc1)c1cc(F)ccc1F. The van der Waals surface area contributed by atoms with Crippen molar-refractivity contribution in [2.75, 3.05) is 5.32 Å². The van der Waals surface area contributed by atoms with Gasteiger partial charge in [-0.1, -0.05) is 11.6 Å². The average molecular weight is 269 g/mol. The topological polar surface area (TPSA) is 42.0 Å². The molecular weight excluding hydrogens is 262 g/mol. The molecule has 0 aliphatic rings. The van der Waals surface area contributed by atoms with Gasteiger partial charge in [-0.05, 0) is 30.3 Å². The van der Waals surface area contributed by atoms with Crippen molar-refractivity contribution in [1.29, 1.82) is 0 Å². The first-order valence-corrected chi connectivity index (χ1v) is 5.32. The van der Waals surface area contributed by atoms with E-state index in [1.165, 1.54) is 18.3 Å². The van der Waals surface area contributed by atoms with Gasteiger partial charge in [0.15, 0.2) is 0 Å². The number of halogens is 3. The van der Waals surface area contributed by atoms with Crippen LogP contribution in [0.1, 0.15) is 10.4 Å². The quantitative estimate of drug-likeness (QED) is 0.850. The lowest BCUT2D eigenvalue weighted by molar-refractivity contribution is 0.102. The molecule has 0 saturated carbocycles. The molecule has 3 nitrogen and oxygen atoms in total. The van der Waals surface area contributed by atoms with Crippen molar-refractivity contribution >= 4 is 23.2 Å². The van der Waals surface area contributed by atoms with Crippen molar-refractivity contribution in [2.24, 2.45) is 0 Å². The normalized spacial score (nSPS) is 10.2. The number of pyridine rings is 1. The fourth-order valence-electron chi connectivity index (χ4n) is 1.32. The van der Waals surface area contributed by atoms with Gasteiger partial charge in [0, 0.05) is 0 Å². The van der Waals surface area contributed by atoms with Crippen molar-refractivity contribution in [3.8, 4) is 0 Å². The number of aromatic nitrogens is 1. The molecule has 0 unspecified atom stereocenters. The maximum absolute atomic E-state index is 13.3. The van der Waals surface area contributed by atoms with Crippen LogP contribution in [0, 0.1) is 11.6 Å². The van der Waals surface area contributed by atoms with Gasteiger partial charge in [-0.3, -0.25) is 4.79 Å². The smallest absolute Gasteiger partial charge is 0.258 e. The number of rotatable bonds is 2. The zero-order valence-electron chi connectivity index (χ0n) is 8.95. The molecule has 0 saturated heterocycles. The maximum Gasteiger partial charge on any atom is 0.258 e. The van der Waals surface area contributed by atoms with Crippen LogP contribution in [-0.2, 0) is 0 Å². The molecule has 0 spiro atoms. The highest BCUT2D eigenvalue weighted by Gasteiger charge is 2.13. The molecule has 0 aliphatic carbocycles. The number of hydrogen-bond acceptors (Lipinski definition) is 2. The number of benzene rings is 1. The van der Waals surface area contributed by atoms with Gasteiger partial charge in [0.25, 0.3) is 5.91 Å². The van der Waals surface area contributed by atoms with Gasteiger partial charge in [-0.25, -0.2) is 13.8 Å². The van der Waals surface area contributed by atoms with Crippen molar-refractivity contribution < 1.29 is 13.6 Å². The summed E-state index contributed by atoms with van der Waals surface area (Å²) < 4.78 is 26.2. The molecule has 0 fully saturated rings. The van der Waals surface area contributed by atoms with Crippen LogP contribution in [0.4, 0.5) is 14.5 Å². The molecule has 92 valence electrons. The number of hydrogen-bond donors (Lipinski definition) is 1. The van der Waals surface area contributed by atoms with E-state index in [-0.39, 0.29) is 10.7 Å². The number of carbonyl (C=O) groups excluding carboxylic acids is 1. The van der Waals surface area contributed by atoms with Gasteiger partial charge < -0.3 is 5.32 Å². The van der Waals surface area contributed by atoms with E-state index in [4.69, 9.17) is 11.6 Å². The molecule has 2 aromatic rings. The molecule has 18 heavy (non-hydrogen) atoms. The Kier molecular flexibility index (Phi) is 3.53. The predicted molar refractivity (Wildman–Crippen MR) is 63.6 cm³/mol. The first-order valence-electron chi connectivity index (χ1n) is 4.94. The van der Waals surface area contributed by atoms with Gasteiger partial charge in [-0.2, -0.15) is 0 Å². The van der Waals surface area contributed by atoms with E-state index in [1.807, 2.05) is 0 Å². The van der Waals surface area contributed by atoms with Crippen molar-refractivity contribution in [1.82, 2.24) is 4.98 Å². The van der Waals surface area contributed by atoms with Crippen LogP contribution < -0.4 is 5.32 Å². The lowest BCUT2D eigenvalue weighted by atomic mass is 10.2. The summed E-state index contributed by atoms with van der Waals surface area (Å²) in [5.41, 5.74) is -0.0296. The monoisotopic (exact) mass is 268 g/mol. The van der Waals surface area contributed by atoms with Crippen LogP contribution in [0.2, 0.25) is 5.15 Å². The van der Waals surface area contributed by atoms with Crippen LogP contribution in [-0.4, -0.2) is 10.9 Å². The molecule has 0 radical (unpaired) electrons. The Morgan fingerprint density at radius 2 is 2.00 bits per heavy atom. The molecule has 1 aromatic heterocycles. The molecule has 0 bridgehead atoms. The third-order valence-corrected chi connectivity index (χ3v) is 2.38. The van der Waals surface area contributed by atoms with E-state index in [0.29, 0.717) is 5.69 Å². The Morgan fingerprint density at radius 3 is 2.67 bits per heavy atom. The summed E-state index contributed by atoms with van der Waals surface area (Å²) in [5.74, 6) is -2.23. The Morgan fingerprint density at radius 1 is 1.22 bits per heavy atom. The van der Waals surface area contributed by atoms with Gasteiger partial charge in [0.05, 0.1) is 17.4 Å². The first-order chi connectivity index (χ1) is 8.56. The summed E-state index contributed by atoms with van der Waals surface area (Å²) in [5, 5.41) is 2.66. The first kappa shape index (κ1) is 12.4. The van der Waals surface area contributed by atoms with Gasteiger partial charge in [-0.15, -0.1) is 0 Å². The fraction of sp³-hybridized carbons (Fsp3) is 0. The summed E-state index contributed by atoms with van der Waals surface area (Å²) in [6, 6.07) is 5.64. The molecule has 0 atom stereocenters. The molecule has 1 amide bonds. The van der Waals surface area contributed by atoms with Crippen molar-refractivity contribution in [3.63, 3.8) is 0 Å². The van der Waals surface area contributed by atoms with Gasteiger partial charge in [0.1, 0.15) is 16.8 Å². The second-order valence-corrected chi connectivity index (χ2v) is 3.84. The van der Waals surface area contributed by atoms with E-state index in [2.05, 4.69) is 10.3 Å². The lowest BCUT2D eigenvalue weighted by Crippen LogP contribution is -2.14. The Balaban J connectivity index is 2.21. The van der Waals surface area contributed by atoms with E-state index in [0.717, 1.165) is 18.2 Å². The lowest BCUT2D eigenvalue weighted by Gasteiger charge is -2.05. The molecule has 0 aliphatic heterocycles. The molecule has 1 aromatic carbocycles. The second-order valence-electron chi connectivity index (χ2n) is 3.45. The fourth-order valence-corrected chi connectivity index (χ4v) is 1.43. The van der Waals surface area contributed by atoms with Crippen LogP contribution in [0.3, 0.4) is 0 Å². The summed E-state index contributed by atoms with van der Waals surface area (Å²) in [6.45, 7) is 0. The zero-order chi connectivity index (χ0) is 13.1. The summed E-state index contributed by atoms with van der Waals surface area (Å²) in [7, 11) is 0.